The van der Waals surface area contributed by atoms with Crippen molar-refractivity contribution in [3.05, 3.63) is 30.5 Å². The second-order valence-corrected chi connectivity index (χ2v) is 6.35. The van der Waals surface area contributed by atoms with Crippen molar-refractivity contribution in [3.8, 4) is 0 Å². The predicted molar refractivity (Wildman–Crippen MR) is 91.0 cm³/mol. The maximum absolute atomic E-state index is 12.4. The van der Waals surface area contributed by atoms with Crippen molar-refractivity contribution in [2.45, 2.75) is 45.7 Å². The Bertz CT molecular complexity index is 661. The second-order valence-electron chi connectivity index (χ2n) is 6.35. The van der Waals surface area contributed by atoms with Gasteiger partial charge in [-0.1, -0.05) is 6.92 Å². The molecule has 2 heterocycles. The zero-order valence-corrected chi connectivity index (χ0v) is 13.4. The third-order valence-corrected chi connectivity index (χ3v) is 4.50. The van der Waals surface area contributed by atoms with E-state index in [4.69, 9.17) is 0 Å². The molecule has 118 valence electrons. The highest BCUT2D eigenvalue weighted by Crippen LogP contribution is 2.23. The van der Waals surface area contributed by atoms with Crippen molar-refractivity contribution in [1.82, 2.24) is 9.88 Å². The summed E-state index contributed by atoms with van der Waals surface area (Å²) in [5.41, 5.74) is 2.13. The molecule has 1 fully saturated rings. The normalized spacial score (nSPS) is 21.9. The number of hydrogen-bond acceptors (Lipinski definition) is 2. The van der Waals surface area contributed by atoms with Crippen LogP contribution in [0.5, 0.6) is 0 Å². The van der Waals surface area contributed by atoms with Crippen LogP contribution in [0.1, 0.15) is 33.1 Å². The molecule has 0 unspecified atom stereocenters. The van der Waals surface area contributed by atoms with Gasteiger partial charge < -0.3 is 15.2 Å². The van der Waals surface area contributed by atoms with Crippen LogP contribution in [0.25, 0.3) is 10.9 Å². The van der Waals surface area contributed by atoms with E-state index in [0.29, 0.717) is 6.04 Å². The maximum Gasteiger partial charge on any atom is 0.227 e. The Hall–Kier alpha value is -1.81. The first-order valence-electron chi connectivity index (χ1n) is 8.30. The van der Waals surface area contributed by atoms with Crippen LogP contribution in [0.4, 0.5) is 5.69 Å². The van der Waals surface area contributed by atoms with Gasteiger partial charge in [0.25, 0.3) is 0 Å². The molecule has 1 saturated heterocycles. The van der Waals surface area contributed by atoms with E-state index < -0.39 is 0 Å². The lowest BCUT2D eigenvalue weighted by atomic mass is 9.92. The Morgan fingerprint density at radius 1 is 1.41 bits per heavy atom. The fourth-order valence-corrected chi connectivity index (χ4v) is 3.33. The predicted octanol–water partition coefficient (Wildman–Crippen LogP) is 3.38. The highest BCUT2D eigenvalue weighted by molar-refractivity contribution is 5.95. The van der Waals surface area contributed by atoms with E-state index in [1.165, 1.54) is 10.9 Å². The number of piperidine rings is 1. The lowest BCUT2D eigenvalue weighted by Crippen LogP contribution is -2.40. The van der Waals surface area contributed by atoms with Gasteiger partial charge in [0.05, 0.1) is 0 Å². The number of carbonyl (C=O) groups excluding carboxylic acids is 1. The summed E-state index contributed by atoms with van der Waals surface area (Å²) in [6.45, 7) is 6.28. The van der Waals surface area contributed by atoms with Crippen molar-refractivity contribution >= 4 is 22.5 Å². The quantitative estimate of drug-likeness (QED) is 0.909. The summed E-state index contributed by atoms with van der Waals surface area (Å²) < 4.78 is 2.26. The standard InChI is InChI=1S/C18H25N3O/c1-3-9-21-10-7-14-12-16(4-5-17(14)21)20-18(22)15-6-8-19-13(2)11-15/h4-5,7,10,12-13,15,19H,3,6,8-9,11H2,1-2H3,(H,20,22)/t13-,15-/m0/s1. The molecule has 0 bridgehead atoms. The van der Waals surface area contributed by atoms with Gasteiger partial charge in [-0.3, -0.25) is 4.79 Å². The number of carbonyl (C=O) groups is 1. The molecule has 2 aromatic rings. The van der Waals surface area contributed by atoms with Crippen molar-refractivity contribution in [1.29, 1.82) is 0 Å². The SMILES string of the molecule is CCCn1ccc2cc(NC(=O)[C@H]3CCN[C@@H](C)C3)ccc21. The molecule has 0 spiro atoms. The third kappa shape index (κ3) is 3.17. The van der Waals surface area contributed by atoms with E-state index in [0.717, 1.165) is 38.0 Å². The van der Waals surface area contributed by atoms with Gasteiger partial charge in [-0.25, -0.2) is 0 Å². The molecule has 2 atom stereocenters. The van der Waals surface area contributed by atoms with Gasteiger partial charge in [-0.05, 0) is 57.0 Å². The number of aryl methyl sites for hydroxylation is 1. The number of aromatic nitrogens is 1. The van der Waals surface area contributed by atoms with Gasteiger partial charge in [0.2, 0.25) is 5.91 Å². The summed E-state index contributed by atoms with van der Waals surface area (Å²) in [5.74, 6) is 0.275. The lowest BCUT2D eigenvalue weighted by molar-refractivity contribution is -0.120. The van der Waals surface area contributed by atoms with Crippen LogP contribution >= 0.6 is 0 Å². The Labute approximate surface area is 131 Å². The van der Waals surface area contributed by atoms with Crippen molar-refractivity contribution in [2.24, 2.45) is 5.92 Å². The lowest BCUT2D eigenvalue weighted by Gasteiger charge is -2.27. The molecule has 2 N–H and O–H groups in total. The van der Waals surface area contributed by atoms with Gasteiger partial charge in [0.15, 0.2) is 0 Å². The molecule has 1 aromatic heterocycles. The minimum absolute atomic E-state index is 0.122. The fourth-order valence-electron chi connectivity index (χ4n) is 3.33. The maximum atomic E-state index is 12.4. The molecule has 4 nitrogen and oxygen atoms in total. The number of fused-ring (bicyclic) bond motifs is 1. The van der Waals surface area contributed by atoms with Gasteiger partial charge in [0.1, 0.15) is 0 Å². The van der Waals surface area contributed by atoms with Crippen LogP contribution < -0.4 is 10.6 Å². The highest BCUT2D eigenvalue weighted by atomic mass is 16.1. The van der Waals surface area contributed by atoms with E-state index in [1.54, 1.807) is 0 Å². The van der Waals surface area contributed by atoms with Crippen LogP contribution in [-0.2, 0) is 11.3 Å². The van der Waals surface area contributed by atoms with Gasteiger partial charge in [-0.2, -0.15) is 0 Å². The average Bonchev–Trinajstić information content (AvgIpc) is 2.90. The summed E-state index contributed by atoms with van der Waals surface area (Å²) in [6.07, 6.45) is 5.08. The Morgan fingerprint density at radius 2 is 2.27 bits per heavy atom. The summed E-state index contributed by atoms with van der Waals surface area (Å²) >= 11 is 0. The van der Waals surface area contributed by atoms with Crippen LogP contribution in [0.2, 0.25) is 0 Å². The summed E-state index contributed by atoms with van der Waals surface area (Å²) in [6, 6.07) is 8.73. The number of nitrogens with one attached hydrogen (secondary N) is 2. The Morgan fingerprint density at radius 3 is 3.05 bits per heavy atom. The van der Waals surface area contributed by atoms with Crippen LogP contribution in [0.15, 0.2) is 30.5 Å². The van der Waals surface area contributed by atoms with Gasteiger partial charge in [0, 0.05) is 41.3 Å². The fraction of sp³-hybridized carbons (Fsp3) is 0.500. The topological polar surface area (TPSA) is 46.1 Å². The molecule has 0 aliphatic carbocycles. The molecule has 4 heteroatoms. The Kier molecular flexibility index (Phi) is 4.48. The van der Waals surface area contributed by atoms with E-state index in [1.807, 2.05) is 6.07 Å². The summed E-state index contributed by atoms with van der Waals surface area (Å²) in [5, 5.41) is 7.66. The minimum Gasteiger partial charge on any atom is -0.347 e. The minimum atomic E-state index is 0.122. The van der Waals surface area contributed by atoms with Crippen molar-refractivity contribution in [3.63, 3.8) is 0 Å². The zero-order chi connectivity index (χ0) is 15.5. The molecular formula is C18H25N3O. The number of amides is 1. The molecule has 0 radical (unpaired) electrons. The third-order valence-electron chi connectivity index (χ3n) is 4.50. The molecule has 22 heavy (non-hydrogen) atoms. The first kappa shape index (κ1) is 15.1. The molecule has 1 aromatic carbocycles. The Balaban J connectivity index is 1.72. The molecule has 1 aliphatic rings. The number of rotatable bonds is 4. The molecule has 0 saturated carbocycles. The number of hydrogen-bond donors (Lipinski definition) is 2. The molecular weight excluding hydrogens is 274 g/mol. The van der Waals surface area contributed by atoms with Gasteiger partial charge in [-0.15, -0.1) is 0 Å². The highest BCUT2D eigenvalue weighted by Gasteiger charge is 2.24. The van der Waals surface area contributed by atoms with Crippen LogP contribution in [-0.4, -0.2) is 23.1 Å². The molecule has 3 rings (SSSR count). The monoisotopic (exact) mass is 299 g/mol. The largest absolute Gasteiger partial charge is 0.347 e. The first-order chi connectivity index (χ1) is 10.7. The number of anilines is 1. The number of benzene rings is 1. The van der Waals surface area contributed by atoms with Gasteiger partial charge >= 0.3 is 0 Å². The van der Waals surface area contributed by atoms with Crippen LogP contribution in [0, 0.1) is 5.92 Å². The average molecular weight is 299 g/mol. The van der Waals surface area contributed by atoms with E-state index in [9.17, 15) is 4.79 Å². The molecule has 1 amide bonds. The molecule has 1 aliphatic heterocycles. The second kappa shape index (κ2) is 6.53. The number of nitrogens with zero attached hydrogens (tertiary/aromatic N) is 1. The smallest absolute Gasteiger partial charge is 0.227 e. The first-order valence-corrected chi connectivity index (χ1v) is 8.30. The van der Waals surface area contributed by atoms with E-state index >= 15 is 0 Å². The van der Waals surface area contributed by atoms with Crippen molar-refractivity contribution < 1.29 is 4.79 Å². The summed E-state index contributed by atoms with van der Waals surface area (Å²) in [4.78, 5) is 12.4. The van der Waals surface area contributed by atoms with Crippen molar-refractivity contribution in [2.75, 3.05) is 11.9 Å². The van der Waals surface area contributed by atoms with E-state index in [2.05, 4.69) is 53.4 Å². The van der Waals surface area contributed by atoms with E-state index in [-0.39, 0.29) is 11.8 Å². The zero-order valence-electron chi connectivity index (χ0n) is 13.4. The van der Waals surface area contributed by atoms with Crippen LogP contribution in [0.3, 0.4) is 0 Å². The summed E-state index contributed by atoms with van der Waals surface area (Å²) in [7, 11) is 0.